The van der Waals surface area contributed by atoms with Crippen LogP contribution < -0.4 is 5.73 Å². The van der Waals surface area contributed by atoms with E-state index in [1.165, 1.54) is 6.33 Å². The Kier molecular flexibility index (Phi) is 5.73. The second-order valence-corrected chi connectivity index (χ2v) is 6.71. The summed E-state index contributed by atoms with van der Waals surface area (Å²) in [5.41, 5.74) is 6.17. The maximum absolute atomic E-state index is 13.4. The minimum absolute atomic E-state index is 0.0212. The summed E-state index contributed by atoms with van der Waals surface area (Å²) >= 11 is 0. The van der Waals surface area contributed by atoms with E-state index in [4.69, 9.17) is 5.73 Å². The predicted molar refractivity (Wildman–Crippen MR) is 93.9 cm³/mol. The van der Waals surface area contributed by atoms with E-state index in [1.54, 1.807) is 11.0 Å². The largest absolute Gasteiger partial charge is 0.364 e. The van der Waals surface area contributed by atoms with Gasteiger partial charge in [-0.1, -0.05) is 0 Å². The molecular formula is C19H20F2N4O2. The van der Waals surface area contributed by atoms with Gasteiger partial charge in [0, 0.05) is 30.4 Å². The lowest BCUT2D eigenvalue weighted by Crippen LogP contribution is -2.32. The lowest BCUT2D eigenvalue weighted by atomic mass is 9.95. The third-order valence-electron chi connectivity index (χ3n) is 4.72. The van der Waals surface area contributed by atoms with Crippen molar-refractivity contribution >= 4 is 11.8 Å². The van der Waals surface area contributed by atoms with Crippen LogP contribution in [0.15, 0.2) is 30.6 Å². The van der Waals surface area contributed by atoms with Crippen LogP contribution in [-0.4, -0.2) is 39.8 Å². The maximum atomic E-state index is 13.4. The molecule has 2 aromatic rings. The summed E-state index contributed by atoms with van der Waals surface area (Å²) in [5, 5.41) is 0. The van der Waals surface area contributed by atoms with Crippen LogP contribution in [0.5, 0.6) is 0 Å². The van der Waals surface area contributed by atoms with E-state index in [0.717, 1.165) is 43.2 Å². The predicted octanol–water partition coefficient (Wildman–Crippen LogP) is 2.34. The molecule has 6 nitrogen and oxygen atoms in total. The Morgan fingerprint density at radius 1 is 1.07 bits per heavy atom. The first-order chi connectivity index (χ1) is 12.9. The fraction of sp³-hybridized carbons (Fsp3) is 0.368. The topological polar surface area (TPSA) is 89.2 Å². The Hall–Kier alpha value is -2.90. The molecule has 1 atom stereocenters. The molecule has 1 fully saturated rings. The molecule has 1 aromatic carbocycles. The number of primary amides is 1. The first-order valence-electron chi connectivity index (χ1n) is 8.78. The van der Waals surface area contributed by atoms with E-state index < -0.39 is 17.5 Å². The first-order valence-corrected chi connectivity index (χ1v) is 8.78. The molecule has 0 saturated carbocycles. The molecule has 0 bridgehead atoms. The zero-order valence-electron chi connectivity index (χ0n) is 14.7. The lowest BCUT2D eigenvalue weighted by Gasteiger charge is -2.21. The molecule has 1 saturated heterocycles. The average Bonchev–Trinajstić information content (AvgIpc) is 2.86. The van der Waals surface area contributed by atoms with Gasteiger partial charge in [-0.15, -0.1) is 0 Å². The molecule has 2 heterocycles. The number of benzene rings is 1. The van der Waals surface area contributed by atoms with Gasteiger partial charge >= 0.3 is 0 Å². The SMILES string of the molecule is NC(=O)c1cc(CC2CCCN(C(=O)c3cc(F)cc(F)c3)CC2)ncn1. The van der Waals surface area contributed by atoms with Gasteiger partial charge in [0.1, 0.15) is 23.7 Å². The molecule has 1 unspecified atom stereocenters. The van der Waals surface area contributed by atoms with Crippen LogP contribution in [0.2, 0.25) is 0 Å². The summed E-state index contributed by atoms with van der Waals surface area (Å²) in [5.74, 6) is -2.21. The van der Waals surface area contributed by atoms with Crippen molar-refractivity contribution in [1.82, 2.24) is 14.9 Å². The van der Waals surface area contributed by atoms with Crippen LogP contribution >= 0.6 is 0 Å². The highest BCUT2D eigenvalue weighted by Crippen LogP contribution is 2.23. The van der Waals surface area contributed by atoms with E-state index in [1.807, 2.05) is 0 Å². The molecule has 3 rings (SSSR count). The summed E-state index contributed by atoms with van der Waals surface area (Å²) in [6.45, 7) is 1.03. The van der Waals surface area contributed by atoms with Crippen molar-refractivity contribution < 1.29 is 18.4 Å². The highest BCUT2D eigenvalue weighted by Gasteiger charge is 2.23. The van der Waals surface area contributed by atoms with E-state index in [9.17, 15) is 18.4 Å². The molecule has 0 spiro atoms. The molecule has 1 aliphatic heterocycles. The zero-order valence-corrected chi connectivity index (χ0v) is 14.7. The van der Waals surface area contributed by atoms with Crippen molar-refractivity contribution in [1.29, 1.82) is 0 Å². The lowest BCUT2D eigenvalue weighted by molar-refractivity contribution is 0.0758. The van der Waals surface area contributed by atoms with Gasteiger partial charge in [0.25, 0.3) is 11.8 Å². The van der Waals surface area contributed by atoms with Crippen LogP contribution in [-0.2, 0) is 6.42 Å². The summed E-state index contributed by atoms with van der Waals surface area (Å²) in [6, 6.07) is 4.45. The van der Waals surface area contributed by atoms with Crippen LogP contribution in [0.4, 0.5) is 8.78 Å². The van der Waals surface area contributed by atoms with Crippen molar-refractivity contribution in [2.75, 3.05) is 13.1 Å². The van der Waals surface area contributed by atoms with Crippen molar-refractivity contribution in [3.63, 3.8) is 0 Å². The molecule has 8 heteroatoms. The molecule has 142 valence electrons. The number of carbonyl (C=O) groups is 2. The molecule has 2 N–H and O–H groups in total. The number of rotatable bonds is 4. The van der Waals surface area contributed by atoms with Gasteiger partial charge in [-0.3, -0.25) is 9.59 Å². The van der Waals surface area contributed by atoms with Crippen LogP contribution in [0.25, 0.3) is 0 Å². The highest BCUT2D eigenvalue weighted by atomic mass is 19.1. The smallest absolute Gasteiger partial charge is 0.267 e. The number of halogens is 2. The Morgan fingerprint density at radius 2 is 1.81 bits per heavy atom. The number of nitrogens with zero attached hydrogens (tertiary/aromatic N) is 3. The van der Waals surface area contributed by atoms with E-state index in [0.29, 0.717) is 19.5 Å². The fourth-order valence-corrected chi connectivity index (χ4v) is 3.37. The second-order valence-electron chi connectivity index (χ2n) is 6.71. The number of amides is 2. The summed E-state index contributed by atoms with van der Waals surface area (Å²) in [6.07, 6.45) is 4.37. The minimum Gasteiger partial charge on any atom is -0.364 e. The Morgan fingerprint density at radius 3 is 2.52 bits per heavy atom. The van der Waals surface area contributed by atoms with Gasteiger partial charge < -0.3 is 10.6 Å². The standard InChI is InChI=1S/C19H20F2N4O2/c20-14-7-13(8-15(21)9-14)19(27)25-4-1-2-12(3-5-25)6-16-10-17(18(22)26)24-11-23-16/h7-12H,1-6H2,(H2,22,26). The number of hydrogen-bond acceptors (Lipinski definition) is 4. The summed E-state index contributed by atoms with van der Waals surface area (Å²) in [4.78, 5) is 33.4. The van der Waals surface area contributed by atoms with E-state index in [-0.39, 0.29) is 23.1 Å². The first kappa shape index (κ1) is 18.9. The maximum Gasteiger partial charge on any atom is 0.267 e. The number of carbonyl (C=O) groups excluding carboxylic acids is 2. The molecule has 1 aliphatic rings. The molecule has 27 heavy (non-hydrogen) atoms. The van der Waals surface area contributed by atoms with Crippen LogP contribution in [0, 0.1) is 17.6 Å². The quantitative estimate of drug-likeness (QED) is 0.890. The number of hydrogen-bond donors (Lipinski definition) is 1. The highest BCUT2D eigenvalue weighted by molar-refractivity contribution is 5.94. The summed E-state index contributed by atoms with van der Waals surface area (Å²) in [7, 11) is 0. The average molecular weight is 374 g/mol. The molecule has 0 aliphatic carbocycles. The second kappa shape index (κ2) is 8.20. The van der Waals surface area contributed by atoms with Gasteiger partial charge in [-0.05, 0) is 49.8 Å². The fourth-order valence-electron chi connectivity index (χ4n) is 3.37. The Balaban J connectivity index is 1.64. The van der Waals surface area contributed by atoms with Crippen molar-refractivity contribution in [2.24, 2.45) is 11.7 Å². The molecule has 2 amide bonds. The van der Waals surface area contributed by atoms with Crippen LogP contribution in [0.3, 0.4) is 0 Å². The van der Waals surface area contributed by atoms with Crippen molar-refractivity contribution in [3.05, 3.63) is 59.2 Å². The Bertz CT molecular complexity index is 839. The normalized spacial score (nSPS) is 17.4. The zero-order chi connectivity index (χ0) is 19.4. The number of nitrogens with two attached hydrogens (primary N) is 1. The molecular weight excluding hydrogens is 354 g/mol. The number of aromatic nitrogens is 2. The van der Waals surface area contributed by atoms with Gasteiger partial charge in [0.05, 0.1) is 0 Å². The van der Waals surface area contributed by atoms with Crippen molar-refractivity contribution in [3.8, 4) is 0 Å². The van der Waals surface area contributed by atoms with E-state index in [2.05, 4.69) is 9.97 Å². The third-order valence-corrected chi connectivity index (χ3v) is 4.72. The van der Waals surface area contributed by atoms with Gasteiger partial charge in [0.2, 0.25) is 0 Å². The number of likely N-dealkylation sites (tertiary alicyclic amines) is 1. The summed E-state index contributed by atoms with van der Waals surface area (Å²) < 4.78 is 26.7. The monoisotopic (exact) mass is 374 g/mol. The minimum atomic E-state index is -0.764. The molecule has 0 radical (unpaired) electrons. The van der Waals surface area contributed by atoms with Gasteiger partial charge in [-0.2, -0.15) is 0 Å². The third kappa shape index (κ3) is 4.84. The van der Waals surface area contributed by atoms with Gasteiger partial charge in [-0.25, -0.2) is 18.7 Å². The van der Waals surface area contributed by atoms with Gasteiger partial charge in [0.15, 0.2) is 0 Å². The van der Waals surface area contributed by atoms with Crippen molar-refractivity contribution in [2.45, 2.75) is 25.7 Å². The Labute approximate surface area is 155 Å². The van der Waals surface area contributed by atoms with Crippen LogP contribution in [0.1, 0.15) is 45.8 Å². The van der Waals surface area contributed by atoms with E-state index >= 15 is 0 Å². The molecule has 1 aromatic heterocycles.